The average molecular weight is 392 g/mol. The largest absolute Gasteiger partial charge is 0.251 e. The van der Waals surface area contributed by atoms with Gasteiger partial charge in [0.1, 0.15) is 0 Å². The summed E-state index contributed by atoms with van der Waals surface area (Å²) in [6.45, 7) is 0. The normalized spacial score (nSPS) is 15.5. The van der Waals surface area contributed by atoms with Gasteiger partial charge >= 0.3 is 0 Å². The van der Waals surface area contributed by atoms with Crippen LogP contribution in [0.25, 0.3) is 10.9 Å². The van der Waals surface area contributed by atoms with Gasteiger partial charge in [0.15, 0.2) is 0 Å². The number of aryl methyl sites for hydroxylation is 1. The molecule has 18 heavy (non-hydrogen) atoms. The minimum absolute atomic E-state index is 0.726. The number of benzene rings is 1. The van der Waals surface area contributed by atoms with Gasteiger partial charge in [-0.25, -0.2) is 0 Å². The van der Waals surface area contributed by atoms with E-state index in [9.17, 15) is 0 Å². The van der Waals surface area contributed by atoms with E-state index in [1.807, 2.05) is 12.1 Å². The summed E-state index contributed by atoms with van der Waals surface area (Å²) in [7, 11) is 0. The van der Waals surface area contributed by atoms with Crippen molar-refractivity contribution in [1.82, 2.24) is 4.98 Å². The second-order valence-corrected chi connectivity index (χ2v) is 6.67. The van der Waals surface area contributed by atoms with Crippen LogP contribution in [0.1, 0.15) is 30.5 Å². The van der Waals surface area contributed by atoms with Gasteiger partial charge < -0.3 is 0 Å². The lowest BCUT2D eigenvalue weighted by Crippen LogP contribution is -1.99. The quantitative estimate of drug-likeness (QED) is 0.432. The summed E-state index contributed by atoms with van der Waals surface area (Å²) in [5.41, 5.74) is 3.41. The number of halogens is 3. The number of pyridine rings is 1. The van der Waals surface area contributed by atoms with Crippen LogP contribution in [0.15, 0.2) is 12.1 Å². The van der Waals surface area contributed by atoms with Crippen molar-refractivity contribution in [2.45, 2.75) is 32.1 Å². The third kappa shape index (κ3) is 2.23. The molecule has 1 aromatic carbocycles. The topological polar surface area (TPSA) is 12.9 Å². The van der Waals surface area contributed by atoms with Crippen molar-refractivity contribution >= 4 is 56.7 Å². The summed E-state index contributed by atoms with van der Waals surface area (Å²) in [6.07, 6.45) is 5.77. The second-order valence-electron chi connectivity index (χ2n) is 4.70. The number of nitrogens with zero attached hydrogens (tertiary/aromatic N) is 1. The molecule has 1 aromatic heterocycles. The van der Waals surface area contributed by atoms with Crippen molar-refractivity contribution in [3.05, 3.63) is 37.0 Å². The first-order valence-electron chi connectivity index (χ1n) is 6.13. The molecule has 0 unspecified atom stereocenters. The van der Waals surface area contributed by atoms with E-state index in [1.165, 1.54) is 30.5 Å². The van der Waals surface area contributed by atoms with E-state index in [2.05, 4.69) is 22.6 Å². The summed E-state index contributed by atoms with van der Waals surface area (Å²) in [5, 5.41) is 2.58. The fourth-order valence-electron chi connectivity index (χ4n) is 2.57. The van der Waals surface area contributed by atoms with Crippen LogP contribution in [0, 0.1) is 3.57 Å². The maximum Gasteiger partial charge on any atom is 0.0854 e. The fraction of sp³-hybridized carbons (Fsp3) is 0.357. The zero-order valence-electron chi connectivity index (χ0n) is 9.77. The Labute approximate surface area is 130 Å². The van der Waals surface area contributed by atoms with Crippen molar-refractivity contribution < 1.29 is 0 Å². The van der Waals surface area contributed by atoms with Crippen molar-refractivity contribution in [1.29, 1.82) is 0 Å². The van der Waals surface area contributed by atoms with Gasteiger partial charge in [-0.05, 0) is 66.0 Å². The van der Waals surface area contributed by atoms with Gasteiger partial charge in [0.2, 0.25) is 0 Å². The SMILES string of the molecule is Clc1cc(I)c2nc3c(c(Cl)c2c1)CCCCC3. The van der Waals surface area contributed by atoms with Gasteiger partial charge in [-0.3, -0.25) is 4.98 Å². The lowest BCUT2D eigenvalue weighted by molar-refractivity contribution is 0.709. The van der Waals surface area contributed by atoms with Crippen LogP contribution in [0.3, 0.4) is 0 Å². The van der Waals surface area contributed by atoms with E-state index in [0.29, 0.717) is 0 Å². The fourth-order valence-corrected chi connectivity index (χ4v) is 4.07. The molecule has 1 heterocycles. The van der Waals surface area contributed by atoms with Gasteiger partial charge in [-0.15, -0.1) is 0 Å². The van der Waals surface area contributed by atoms with E-state index >= 15 is 0 Å². The van der Waals surface area contributed by atoms with E-state index in [-0.39, 0.29) is 0 Å². The third-order valence-corrected chi connectivity index (χ3v) is 4.94. The molecule has 0 radical (unpaired) electrons. The van der Waals surface area contributed by atoms with Crippen LogP contribution in [-0.4, -0.2) is 4.98 Å². The molecule has 1 aliphatic carbocycles. The standard InChI is InChI=1S/C14H12Cl2IN/c15-8-6-10-13(16)9-4-2-1-3-5-12(9)18-14(10)11(17)7-8/h6-7H,1-5H2. The minimum atomic E-state index is 0.726. The highest BCUT2D eigenvalue weighted by Gasteiger charge is 2.17. The highest BCUT2D eigenvalue weighted by Crippen LogP contribution is 2.35. The first-order valence-corrected chi connectivity index (χ1v) is 7.96. The van der Waals surface area contributed by atoms with Gasteiger partial charge in [0.25, 0.3) is 0 Å². The Hall–Kier alpha value is -0.0600. The van der Waals surface area contributed by atoms with Crippen LogP contribution in [-0.2, 0) is 12.8 Å². The lowest BCUT2D eigenvalue weighted by atomic mass is 10.1. The zero-order valence-corrected chi connectivity index (χ0v) is 13.4. The molecule has 1 nitrogen and oxygen atoms in total. The third-order valence-electron chi connectivity index (χ3n) is 3.47. The molecule has 4 heteroatoms. The molecule has 1 aliphatic rings. The van der Waals surface area contributed by atoms with Crippen LogP contribution in [0.5, 0.6) is 0 Å². The highest BCUT2D eigenvalue weighted by molar-refractivity contribution is 14.1. The van der Waals surface area contributed by atoms with Gasteiger partial charge in [0.05, 0.1) is 10.5 Å². The monoisotopic (exact) mass is 391 g/mol. The number of hydrogen-bond donors (Lipinski definition) is 0. The Balaban J connectivity index is 2.34. The van der Waals surface area contributed by atoms with E-state index in [1.54, 1.807) is 0 Å². The van der Waals surface area contributed by atoms with Gasteiger partial charge in [-0.1, -0.05) is 29.6 Å². The Morgan fingerprint density at radius 2 is 1.83 bits per heavy atom. The molecule has 0 bridgehead atoms. The van der Waals surface area contributed by atoms with Crippen LogP contribution in [0.4, 0.5) is 0 Å². The Kier molecular flexibility index (Phi) is 3.70. The minimum Gasteiger partial charge on any atom is -0.251 e. The molecule has 94 valence electrons. The van der Waals surface area contributed by atoms with E-state index < -0.39 is 0 Å². The summed E-state index contributed by atoms with van der Waals surface area (Å²) >= 11 is 15.0. The number of rotatable bonds is 0. The van der Waals surface area contributed by atoms with Crippen molar-refractivity contribution in [3.63, 3.8) is 0 Å². The Bertz CT molecular complexity index is 625. The number of aromatic nitrogens is 1. The summed E-state index contributed by atoms with van der Waals surface area (Å²) in [6, 6.07) is 3.87. The van der Waals surface area contributed by atoms with Gasteiger partial charge in [-0.2, -0.15) is 0 Å². The molecule has 0 amide bonds. The predicted molar refractivity (Wildman–Crippen MR) is 85.7 cm³/mol. The molecule has 0 saturated carbocycles. The van der Waals surface area contributed by atoms with Gasteiger partial charge in [0, 0.05) is 19.7 Å². The van der Waals surface area contributed by atoms with Crippen molar-refractivity contribution in [3.8, 4) is 0 Å². The summed E-state index contributed by atoms with van der Waals surface area (Å²) < 4.78 is 1.07. The molecular weight excluding hydrogens is 380 g/mol. The number of hydrogen-bond acceptors (Lipinski definition) is 1. The molecule has 2 aromatic rings. The molecule has 0 saturated heterocycles. The van der Waals surface area contributed by atoms with E-state index in [0.717, 1.165) is 37.4 Å². The molecule has 0 fully saturated rings. The molecule has 0 aliphatic heterocycles. The second kappa shape index (κ2) is 5.14. The maximum absolute atomic E-state index is 6.57. The summed E-state index contributed by atoms with van der Waals surface area (Å²) in [5.74, 6) is 0. The smallest absolute Gasteiger partial charge is 0.0854 e. The molecular formula is C14H12Cl2IN. The highest BCUT2D eigenvalue weighted by atomic mass is 127. The summed E-state index contributed by atoms with van der Waals surface area (Å²) in [4.78, 5) is 4.83. The van der Waals surface area contributed by atoms with Crippen LogP contribution < -0.4 is 0 Å². The predicted octanol–water partition coefficient (Wildman–Crippen LogP) is 5.42. The molecule has 0 spiro atoms. The Morgan fingerprint density at radius 1 is 1.06 bits per heavy atom. The number of fused-ring (bicyclic) bond motifs is 2. The van der Waals surface area contributed by atoms with Crippen molar-refractivity contribution in [2.75, 3.05) is 0 Å². The lowest BCUT2D eigenvalue weighted by Gasteiger charge is -2.12. The molecule has 3 rings (SSSR count). The van der Waals surface area contributed by atoms with Crippen molar-refractivity contribution in [2.24, 2.45) is 0 Å². The molecule has 0 atom stereocenters. The zero-order chi connectivity index (χ0) is 12.7. The van der Waals surface area contributed by atoms with Crippen LogP contribution in [0.2, 0.25) is 10.0 Å². The maximum atomic E-state index is 6.57. The Morgan fingerprint density at radius 3 is 2.67 bits per heavy atom. The first kappa shape index (κ1) is 12.9. The molecule has 0 N–H and O–H groups in total. The first-order chi connectivity index (χ1) is 8.66. The van der Waals surface area contributed by atoms with E-state index in [4.69, 9.17) is 28.2 Å². The average Bonchev–Trinajstić information content (AvgIpc) is 2.56. The van der Waals surface area contributed by atoms with Crippen LogP contribution >= 0.6 is 45.8 Å².